The molecule has 0 heterocycles. The molecule has 232 valence electrons. The summed E-state index contributed by atoms with van der Waals surface area (Å²) in [6, 6.07) is 0. The van der Waals surface area contributed by atoms with E-state index in [1.54, 1.807) is 0 Å². The number of esters is 2. The van der Waals surface area contributed by atoms with E-state index in [9.17, 15) is 9.59 Å². The van der Waals surface area contributed by atoms with Gasteiger partial charge in [-0.2, -0.15) is 0 Å². The van der Waals surface area contributed by atoms with Gasteiger partial charge < -0.3 is 9.47 Å². The molecule has 0 bridgehead atoms. The lowest BCUT2D eigenvalue weighted by atomic mass is 9.94. The third kappa shape index (κ3) is 24.5. The van der Waals surface area contributed by atoms with Gasteiger partial charge in [-0.25, -0.2) is 0 Å². The van der Waals surface area contributed by atoms with Crippen molar-refractivity contribution in [2.75, 3.05) is 13.2 Å². The van der Waals surface area contributed by atoms with Crippen molar-refractivity contribution in [3.63, 3.8) is 0 Å². The Bertz CT molecular complexity index is 547. The zero-order chi connectivity index (χ0) is 29.0. The topological polar surface area (TPSA) is 52.6 Å². The Morgan fingerprint density at radius 2 is 0.846 bits per heavy atom. The molecule has 39 heavy (non-hydrogen) atoms. The lowest BCUT2D eigenvalue weighted by molar-refractivity contribution is -0.146. The number of unbranched alkanes of at least 4 members (excludes halogenated alkanes) is 12. The Balaban J connectivity index is 3.60. The summed E-state index contributed by atoms with van der Waals surface area (Å²) in [5.74, 6) is 1.56. The van der Waals surface area contributed by atoms with E-state index in [4.69, 9.17) is 9.47 Å². The van der Waals surface area contributed by atoms with Crippen molar-refractivity contribution in [1.29, 1.82) is 0 Å². The maximum atomic E-state index is 12.3. The summed E-state index contributed by atoms with van der Waals surface area (Å²) in [4.78, 5) is 24.3. The molecule has 4 nitrogen and oxygen atoms in total. The van der Waals surface area contributed by atoms with E-state index >= 15 is 0 Å². The SMILES string of the molecule is CCCCC(CC)COC(=O)CCCCCCCCCCCCCC(CC)CC(=O)OCC(CC)CCCC. The minimum Gasteiger partial charge on any atom is -0.465 e. The maximum absolute atomic E-state index is 12.3. The second-order valence-electron chi connectivity index (χ2n) is 12.1. The number of carbonyl (C=O) groups excluding carboxylic acids is 2. The van der Waals surface area contributed by atoms with Gasteiger partial charge in [0, 0.05) is 12.8 Å². The molecule has 0 spiro atoms. The average molecular weight is 553 g/mol. The van der Waals surface area contributed by atoms with E-state index < -0.39 is 0 Å². The van der Waals surface area contributed by atoms with E-state index in [1.807, 2.05) is 0 Å². The fourth-order valence-electron chi connectivity index (χ4n) is 5.33. The predicted octanol–water partition coefficient (Wildman–Crippen LogP) is 11.0. The van der Waals surface area contributed by atoms with Crippen LogP contribution in [0.3, 0.4) is 0 Å². The van der Waals surface area contributed by atoms with Gasteiger partial charge in [-0.15, -0.1) is 0 Å². The Labute approximate surface area is 244 Å². The van der Waals surface area contributed by atoms with Crippen LogP contribution in [0.1, 0.15) is 182 Å². The molecule has 0 aliphatic heterocycles. The highest BCUT2D eigenvalue weighted by molar-refractivity contribution is 5.69. The smallest absolute Gasteiger partial charge is 0.306 e. The number of carbonyl (C=O) groups is 2. The Hall–Kier alpha value is -1.06. The zero-order valence-electron chi connectivity index (χ0n) is 27.0. The van der Waals surface area contributed by atoms with Gasteiger partial charge in [0.2, 0.25) is 0 Å². The van der Waals surface area contributed by atoms with Crippen LogP contribution >= 0.6 is 0 Å². The molecule has 0 aliphatic rings. The summed E-state index contributed by atoms with van der Waals surface area (Å²) in [5.41, 5.74) is 0. The summed E-state index contributed by atoms with van der Waals surface area (Å²) in [6.07, 6.45) is 26.6. The van der Waals surface area contributed by atoms with Crippen LogP contribution in [0.15, 0.2) is 0 Å². The minimum absolute atomic E-state index is 0.00180. The fourth-order valence-corrected chi connectivity index (χ4v) is 5.33. The van der Waals surface area contributed by atoms with Gasteiger partial charge in [0.05, 0.1) is 13.2 Å². The standard InChI is InChI=1S/C35H68O4/c1-6-11-24-32(9-4)29-38-34(36)27-23-21-19-17-15-13-14-16-18-20-22-26-31(8-3)28-35(37)39-30-33(10-5)25-12-7-2/h31-33H,6-30H2,1-5H3. The van der Waals surface area contributed by atoms with Gasteiger partial charge in [0.1, 0.15) is 0 Å². The molecule has 3 atom stereocenters. The van der Waals surface area contributed by atoms with Crippen LogP contribution in [0.2, 0.25) is 0 Å². The third-order valence-electron chi connectivity index (χ3n) is 8.57. The Kier molecular flexibility index (Phi) is 27.7. The first-order chi connectivity index (χ1) is 19.0. The normalized spacial score (nSPS) is 13.7. The lowest BCUT2D eigenvalue weighted by Crippen LogP contribution is -2.16. The zero-order valence-corrected chi connectivity index (χ0v) is 27.0. The second-order valence-corrected chi connectivity index (χ2v) is 12.1. The highest BCUT2D eigenvalue weighted by Crippen LogP contribution is 2.21. The lowest BCUT2D eigenvalue weighted by Gasteiger charge is -2.17. The molecule has 0 aliphatic carbocycles. The first-order valence-electron chi connectivity index (χ1n) is 17.3. The van der Waals surface area contributed by atoms with E-state index in [1.165, 1.54) is 96.3 Å². The molecule has 0 amide bonds. The summed E-state index contributed by atoms with van der Waals surface area (Å²) in [7, 11) is 0. The monoisotopic (exact) mass is 553 g/mol. The molecule has 0 saturated heterocycles. The van der Waals surface area contributed by atoms with Gasteiger partial charge in [0.25, 0.3) is 0 Å². The van der Waals surface area contributed by atoms with Crippen molar-refractivity contribution in [3.8, 4) is 0 Å². The molecule has 0 N–H and O–H groups in total. The van der Waals surface area contributed by atoms with Crippen LogP contribution in [-0.2, 0) is 19.1 Å². The highest BCUT2D eigenvalue weighted by atomic mass is 16.5. The molecule has 0 aromatic rings. The maximum Gasteiger partial charge on any atom is 0.306 e. The molecule has 0 aromatic carbocycles. The molecule has 0 radical (unpaired) electrons. The van der Waals surface area contributed by atoms with Crippen LogP contribution in [0.25, 0.3) is 0 Å². The van der Waals surface area contributed by atoms with Gasteiger partial charge in [-0.1, -0.05) is 144 Å². The highest BCUT2D eigenvalue weighted by Gasteiger charge is 2.15. The first-order valence-corrected chi connectivity index (χ1v) is 17.3. The van der Waals surface area contributed by atoms with E-state index in [2.05, 4.69) is 34.6 Å². The average Bonchev–Trinajstić information content (AvgIpc) is 2.94. The van der Waals surface area contributed by atoms with Crippen LogP contribution in [-0.4, -0.2) is 25.2 Å². The van der Waals surface area contributed by atoms with E-state index in [0.29, 0.717) is 43.8 Å². The van der Waals surface area contributed by atoms with Crippen molar-refractivity contribution in [2.24, 2.45) is 17.8 Å². The molecule has 0 aromatic heterocycles. The van der Waals surface area contributed by atoms with Crippen LogP contribution in [0, 0.1) is 17.8 Å². The quantitative estimate of drug-likeness (QED) is 0.0684. The minimum atomic E-state index is -0.00180. The van der Waals surface area contributed by atoms with Crippen molar-refractivity contribution in [1.82, 2.24) is 0 Å². The summed E-state index contributed by atoms with van der Waals surface area (Å²) >= 11 is 0. The molecule has 0 fully saturated rings. The predicted molar refractivity (Wildman–Crippen MR) is 167 cm³/mol. The molecular weight excluding hydrogens is 484 g/mol. The van der Waals surface area contributed by atoms with Crippen molar-refractivity contribution in [3.05, 3.63) is 0 Å². The molecular formula is C35H68O4. The third-order valence-corrected chi connectivity index (χ3v) is 8.57. The number of rotatable bonds is 29. The summed E-state index contributed by atoms with van der Waals surface area (Å²) < 4.78 is 11.1. The van der Waals surface area contributed by atoms with Crippen LogP contribution in [0.4, 0.5) is 0 Å². The summed E-state index contributed by atoms with van der Waals surface area (Å²) in [6.45, 7) is 12.2. The van der Waals surface area contributed by atoms with Gasteiger partial charge in [0.15, 0.2) is 0 Å². The fraction of sp³-hybridized carbons (Fsp3) is 0.943. The van der Waals surface area contributed by atoms with Crippen molar-refractivity contribution >= 4 is 11.9 Å². The largest absolute Gasteiger partial charge is 0.465 e. The van der Waals surface area contributed by atoms with E-state index in [0.717, 1.165) is 38.5 Å². The van der Waals surface area contributed by atoms with Gasteiger partial charge >= 0.3 is 11.9 Å². The molecule has 3 unspecified atom stereocenters. The molecule has 4 heteroatoms. The second kappa shape index (κ2) is 28.5. The van der Waals surface area contributed by atoms with Gasteiger partial charge in [-0.3, -0.25) is 9.59 Å². The molecule has 0 saturated carbocycles. The Morgan fingerprint density at radius 3 is 1.28 bits per heavy atom. The first kappa shape index (κ1) is 37.9. The van der Waals surface area contributed by atoms with Crippen LogP contribution < -0.4 is 0 Å². The Morgan fingerprint density at radius 1 is 0.462 bits per heavy atom. The molecule has 0 rings (SSSR count). The van der Waals surface area contributed by atoms with Gasteiger partial charge in [-0.05, 0) is 43.4 Å². The number of hydrogen-bond donors (Lipinski definition) is 0. The van der Waals surface area contributed by atoms with Crippen LogP contribution in [0.5, 0.6) is 0 Å². The number of ether oxygens (including phenoxy) is 2. The van der Waals surface area contributed by atoms with Crippen molar-refractivity contribution < 1.29 is 19.1 Å². The van der Waals surface area contributed by atoms with Crippen molar-refractivity contribution in [2.45, 2.75) is 182 Å². The summed E-state index contributed by atoms with van der Waals surface area (Å²) in [5, 5.41) is 0. The number of hydrogen-bond acceptors (Lipinski definition) is 4. The van der Waals surface area contributed by atoms with E-state index in [-0.39, 0.29) is 11.9 Å².